The minimum Gasteiger partial charge on any atom is -0.338 e. The molecule has 0 saturated heterocycles. The number of rotatable bonds is 4. The summed E-state index contributed by atoms with van der Waals surface area (Å²) in [6.45, 7) is 7.30. The molecule has 33 heavy (non-hydrogen) atoms. The van der Waals surface area contributed by atoms with Gasteiger partial charge in [0.25, 0.3) is 0 Å². The van der Waals surface area contributed by atoms with Gasteiger partial charge in [-0.05, 0) is 50.1 Å². The van der Waals surface area contributed by atoms with Gasteiger partial charge in [0.2, 0.25) is 0 Å². The van der Waals surface area contributed by atoms with Gasteiger partial charge in [0, 0.05) is 18.3 Å². The summed E-state index contributed by atoms with van der Waals surface area (Å²) in [6, 6.07) is 22.5. The van der Waals surface area contributed by atoms with Crippen LogP contribution in [0.25, 0.3) is 11.5 Å². The average molecular weight is 440 g/mol. The van der Waals surface area contributed by atoms with Crippen LogP contribution in [0, 0.1) is 13.8 Å². The van der Waals surface area contributed by atoms with E-state index in [4.69, 9.17) is 5.10 Å². The first kappa shape index (κ1) is 21.1. The van der Waals surface area contributed by atoms with E-state index in [0.29, 0.717) is 13.1 Å². The number of hydrogen-bond acceptors (Lipinski definition) is 2. The zero-order chi connectivity index (χ0) is 22.9. The molecule has 1 aliphatic heterocycles. The van der Waals surface area contributed by atoms with Crippen LogP contribution in [0.3, 0.4) is 0 Å². The SMILES string of the molecule is CCCNC(=O)N1Cc2c(C)nn(-c3ccccc3)c2-n2cccc2[C@H]1c1cccc(C)c1. The molecule has 1 aliphatic rings. The van der Waals surface area contributed by atoms with E-state index < -0.39 is 0 Å². The summed E-state index contributed by atoms with van der Waals surface area (Å²) in [4.78, 5) is 15.4. The third-order valence-corrected chi connectivity index (χ3v) is 6.23. The normalized spacial score (nSPS) is 15.0. The average Bonchev–Trinajstić information content (AvgIpc) is 3.38. The van der Waals surface area contributed by atoms with E-state index >= 15 is 0 Å². The fraction of sp³-hybridized carbons (Fsp3) is 0.259. The molecule has 0 fully saturated rings. The Morgan fingerprint density at radius 2 is 1.88 bits per heavy atom. The molecule has 2 amide bonds. The van der Waals surface area contributed by atoms with Crippen molar-refractivity contribution in [3.8, 4) is 11.5 Å². The lowest BCUT2D eigenvalue weighted by atomic mass is 10.00. The van der Waals surface area contributed by atoms with E-state index in [9.17, 15) is 4.79 Å². The van der Waals surface area contributed by atoms with Crippen molar-refractivity contribution < 1.29 is 4.79 Å². The molecule has 5 rings (SSSR count). The minimum atomic E-state index is -0.215. The van der Waals surface area contributed by atoms with E-state index in [2.05, 4.69) is 72.4 Å². The fourth-order valence-corrected chi connectivity index (χ4v) is 4.67. The Labute approximate surface area is 194 Å². The third kappa shape index (κ3) is 3.71. The minimum absolute atomic E-state index is 0.0594. The lowest BCUT2D eigenvalue weighted by Crippen LogP contribution is -2.42. The van der Waals surface area contributed by atoms with Crippen molar-refractivity contribution in [2.45, 2.75) is 39.8 Å². The molecule has 0 spiro atoms. The summed E-state index contributed by atoms with van der Waals surface area (Å²) < 4.78 is 4.19. The van der Waals surface area contributed by atoms with Crippen molar-refractivity contribution in [1.82, 2.24) is 24.6 Å². The maximum absolute atomic E-state index is 13.5. The molecule has 6 heteroatoms. The van der Waals surface area contributed by atoms with Gasteiger partial charge in [0.15, 0.2) is 0 Å². The Balaban J connectivity index is 1.74. The Bertz CT molecular complexity index is 1290. The highest BCUT2D eigenvalue weighted by molar-refractivity contribution is 5.76. The van der Waals surface area contributed by atoms with Crippen LogP contribution >= 0.6 is 0 Å². The number of amides is 2. The second kappa shape index (κ2) is 8.62. The maximum Gasteiger partial charge on any atom is 0.318 e. The third-order valence-electron chi connectivity index (χ3n) is 6.23. The summed E-state index contributed by atoms with van der Waals surface area (Å²) in [5.74, 6) is 0.988. The molecule has 2 aromatic carbocycles. The predicted molar refractivity (Wildman–Crippen MR) is 130 cm³/mol. The number of urea groups is 1. The van der Waals surface area contributed by atoms with Gasteiger partial charge in [-0.1, -0.05) is 55.0 Å². The number of carbonyl (C=O) groups is 1. The largest absolute Gasteiger partial charge is 0.338 e. The summed E-state index contributed by atoms with van der Waals surface area (Å²) in [7, 11) is 0. The summed E-state index contributed by atoms with van der Waals surface area (Å²) in [5.41, 5.74) is 6.29. The zero-order valence-corrected chi connectivity index (χ0v) is 19.3. The fourth-order valence-electron chi connectivity index (χ4n) is 4.67. The predicted octanol–water partition coefficient (Wildman–Crippen LogP) is 5.30. The molecular weight excluding hydrogens is 410 g/mol. The summed E-state index contributed by atoms with van der Waals surface area (Å²) in [5, 5.41) is 7.99. The molecule has 0 bridgehead atoms. The molecular formula is C27H29N5O. The Kier molecular flexibility index (Phi) is 5.50. The first-order valence-corrected chi connectivity index (χ1v) is 11.5. The van der Waals surface area contributed by atoms with Gasteiger partial charge in [-0.3, -0.25) is 0 Å². The van der Waals surface area contributed by atoms with Crippen molar-refractivity contribution in [2.75, 3.05) is 6.54 Å². The Morgan fingerprint density at radius 3 is 2.64 bits per heavy atom. The van der Waals surface area contributed by atoms with Crippen molar-refractivity contribution in [3.05, 3.63) is 101 Å². The van der Waals surface area contributed by atoms with E-state index in [1.54, 1.807) is 0 Å². The number of nitrogens with zero attached hydrogens (tertiary/aromatic N) is 4. The second-order valence-electron chi connectivity index (χ2n) is 8.61. The number of aryl methyl sites for hydroxylation is 2. The number of fused-ring (bicyclic) bond motifs is 3. The van der Waals surface area contributed by atoms with Crippen LogP contribution in [0.1, 0.15) is 47.5 Å². The van der Waals surface area contributed by atoms with Crippen LogP contribution in [-0.2, 0) is 6.54 Å². The molecule has 3 heterocycles. The van der Waals surface area contributed by atoms with E-state index in [1.165, 1.54) is 5.56 Å². The van der Waals surface area contributed by atoms with Crippen LogP contribution < -0.4 is 5.32 Å². The highest BCUT2D eigenvalue weighted by Gasteiger charge is 2.35. The molecule has 0 unspecified atom stereocenters. The Hall–Kier alpha value is -3.80. The summed E-state index contributed by atoms with van der Waals surface area (Å²) >= 11 is 0. The van der Waals surface area contributed by atoms with Crippen molar-refractivity contribution in [2.24, 2.45) is 0 Å². The number of benzene rings is 2. The molecule has 0 radical (unpaired) electrons. The van der Waals surface area contributed by atoms with Crippen LogP contribution in [-0.4, -0.2) is 31.8 Å². The van der Waals surface area contributed by atoms with Crippen molar-refractivity contribution in [3.63, 3.8) is 0 Å². The number of aromatic nitrogens is 3. The summed E-state index contributed by atoms with van der Waals surface area (Å²) in [6.07, 6.45) is 2.96. The molecule has 6 nitrogen and oxygen atoms in total. The van der Waals surface area contributed by atoms with E-state index in [-0.39, 0.29) is 12.1 Å². The smallest absolute Gasteiger partial charge is 0.318 e. The van der Waals surface area contributed by atoms with Crippen molar-refractivity contribution in [1.29, 1.82) is 0 Å². The number of carbonyl (C=O) groups excluding carboxylic acids is 1. The van der Waals surface area contributed by atoms with E-state index in [0.717, 1.165) is 40.4 Å². The molecule has 168 valence electrons. The molecule has 1 atom stereocenters. The highest BCUT2D eigenvalue weighted by Crippen LogP contribution is 2.38. The monoisotopic (exact) mass is 439 g/mol. The quantitative estimate of drug-likeness (QED) is 0.469. The molecule has 0 aliphatic carbocycles. The Morgan fingerprint density at radius 1 is 1.06 bits per heavy atom. The first-order valence-electron chi connectivity index (χ1n) is 11.5. The number of para-hydroxylation sites is 1. The standard InChI is InChI=1S/C27H29N5O/c1-4-15-28-27(33)31-18-23-20(3)29-32(22-12-6-5-7-13-22)26(23)30-16-9-14-24(30)25(31)21-11-8-10-19(2)17-21/h5-14,16-17,25H,4,15,18H2,1-3H3,(H,28,33)/t25-/m1/s1. The van der Waals surface area contributed by atoms with Crippen LogP contribution in [0.2, 0.25) is 0 Å². The lowest BCUT2D eigenvalue weighted by molar-refractivity contribution is 0.180. The van der Waals surface area contributed by atoms with Crippen molar-refractivity contribution >= 4 is 6.03 Å². The van der Waals surface area contributed by atoms with Gasteiger partial charge in [0.05, 0.1) is 29.7 Å². The molecule has 1 N–H and O–H groups in total. The van der Waals surface area contributed by atoms with Crippen LogP contribution in [0.5, 0.6) is 0 Å². The molecule has 2 aromatic heterocycles. The van der Waals surface area contributed by atoms with E-state index in [1.807, 2.05) is 40.8 Å². The van der Waals surface area contributed by atoms with Gasteiger partial charge in [-0.25, -0.2) is 9.48 Å². The molecule has 4 aromatic rings. The first-order chi connectivity index (χ1) is 16.1. The van der Waals surface area contributed by atoms with Crippen LogP contribution in [0.15, 0.2) is 72.9 Å². The van der Waals surface area contributed by atoms with Gasteiger partial charge in [-0.15, -0.1) is 0 Å². The van der Waals surface area contributed by atoms with Gasteiger partial charge in [0.1, 0.15) is 5.82 Å². The van der Waals surface area contributed by atoms with Gasteiger partial charge in [-0.2, -0.15) is 5.10 Å². The van der Waals surface area contributed by atoms with Crippen LogP contribution in [0.4, 0.5) is 4.79 Å². The zero-order valence-electron chi connectivity index (χ0n) is 19.3. The molecule has 0 saturated carbocycles. The van der Waals surface area contributed by atoms with Gasteiger partial charge < -0.3 is 14.8 Å². The lowest BCUT2D eigenvalue weighted by Gasteiger charge is -2.31. The second-order valence-corrected chi connectivity index (χ2v) is 8.61. The number of hydrogen-bond donors (Lipinski definition) is 1. The number of nitrogens with one attached hydrogen (secondary N) is 1. The van der Waals surface area contributed by atoms with Gasteiger partial charge >= 0.3 is 6.03 Å². The topological polar surface area (TPSA) is 55.1 Å². The maximum atomic E-state index is 13.5. The highest BCUT2D eigenvalue weighted by atomic mass is 16.2.